The molecule has 5 rings (SSSR count). The molecule has 0 bridgehead atoms. The van der Waals surface area contributed by atoms with Crippen molar-refractivity contribution in [3.05, 3.63) is 71.9 Å². The van der Waals surface area contributed by atoms with Crippen LogP contribution in [0.3, 0.4) is 0 Å². The van der Waals surface area contributed by atoms with E-state index in [0.29, 0.717) is 60.6 Å². The number of rotatable bonds is 5. The number of aromatic nitrogens is 5. The summed E-state index contributed by atoms with van der Waals surface area (Å²) in [7, 11) is 0. The standard InChI is InChI=1S/C24H23F2N7O.C2HF3O2/c1-15-28-16(2)33(31-15)23-4-3-19(14-21(23)26)29-24-27-6-5-22(30-24)17-11-18(25)13-20(12-17)32-7-9-34-10-8-32;3-2(4,5)1(6)7/h3-6,11-14H,7-10H2,1-2H3,(H,27,29,30);(H,6,7). The van der Waals surface area contributed by atoms with Crippen LogP contribution in [0.25, 0.3) is 16.9 Å². The van der Waals surface area contributed by atoms with Gasteiger partial charge in [0.05, 0.1) is 18.9 Å². The Labute approximate surface area is 230 Å². The van der Waals surface area contributed by atoms with Crippen molar-refractivity contribution in [2.24, 2.45) is 0 Å². The fourth-order valence-electron chi connectivity index (χ4n) is 3.94. The number of aryl methyl sites for hydroxylation is 2. The molecule has 3 heterocycles. The largest absolute Gasteiger partial charge is 0.490 e. The van der Waals surface area contributed by atoms with Gasteiger partial charge in [0.2, 0.25) is 5.95 Å². The van der Waals surface area contributed by atoms with Crippen LogP contribution in [-0.4, -0.2) is 68.3 Å². The van der Waals surface area contributed by atoms with E-state index in [0.717, 1.165) is 5.69 Å². The molecule has 10 nitrogen and oxygen atoms in total. The number of nitrogens with one attached hydrogen (secondary N) is 1. The van der Waals surface area contributed by atoms with Crippen LogP contribution in [-0.2, 0) is 9.53 Å². The first-order valence-electron chi connectivity index (χ1n) is 12.1. The maximum atomic E-state index is 14.8. The molecule has 1 saturated heterocycles. The summed E-state index contributed by atoms with van der Waals surface area (Å²) in [5, 5.41) is 14.4. The lowest BCUT2D eigenvalue weighted by molar-refractivity contribution is -0.192. The highest BCUT2D eigenvalue weighted by Crippen LogP contribution is 2.27. The van der Waals surface area contributed by atoms with E-state index in [9.17, 15) is 22.0 Å². The van der Waals surface area contributed by atoms with Crippen molar-refractivity contribution in [3.63, 3.8) is 0 Å². The van der Waals surface area contributed by atoms with Gasteiger partial charge in [-0.05, 0) is 56.3 Å². The van der Waals surface area contributed by atoms with Gasteiger partial charge in [-0.1, -0.05) is 0 Å². The number of carboxylic acid groups (broad SMARTS) is 1. The van der Waals surface area contributed by atoms with Crippen LogP contribution in [0.15, 0.2) is 48.7 Å². The molecule has 0 radical (unpaired) electrons. The van der Waals surface area contributed by atoms with Crippen molar-refractivity contribution in [2.45, 2.75) is 20.0 Å². The number of nitrogens with zero attached hydrogens (tertiary/aromatic N) is 6. The molecule has 2 N–H and O–H groups in total. The first kappa shape index (κ1) is 29.3. The average molecular weight is 578 g/mol. The van der Waals surface area contributed by atoms with Gasteiger partial charge in [0.25, 0.3) is 0 Å². The van der Waals surface area contributed by atoms with E-state index in [1.165, 1.54) is 22.9 Å². The number of morpholine rings is 1. The molecule has 1 aliphatic rings. The third kappa shape index (κ3) is 7.51. The van der Waals surface area contributed by atoms with Crippen LogP contribution in [0, 0.1) is 25.5 Å². The molecule has 216 valence electrons. The second-order valence-electron chi connectivity index (χ2n) is 8.78. The van der Waals surface area contributed by atoms with Crippen molar-refractivity contribution < 1.29 is 36.6 Å². The van der Waals surface area contributed by atoms with Crippen LogP contribution >= 0.6 is 0 Å². The fourth-order valence-corrected chi connectivity index (χ4v) is 3.94. The Bertz CT molecular complexity index is 1540. The SMILES string of the molecule is Cc1nc(C)n(-c2ccc(Nc3nccc(-c4cc(F)cc(N5CCOCC5)c4)n3)cc2F)n1.O=C(O)C(F)(F)F. The fraction of sp³-hybridized carbons (Fsp3) is 0.269. The van der Waals surface area contributed by atoms with Gasteiger partial charge >= 0.3 is 12.1 Å². The predicted molar refractivity (Wildman–Crippen MR) is 138 cm³/mol. The summed E-state index contributed by atoms with van der Waals surface area (Å²) in [5.41, 5.74) is 2.74. The van der Waals surface area contributed by atoms with Crippen molar-refractivity contribution in [3.8, 4) is 16.9 Å². The average Bonchev–Trinajstić information content (AvgIpc) is 3.26. The van der Waals surface area contributed by atoms with E-state index in [1.807, 2.05) is 6.07 Å². The van der Waals surface area contributed by atoms with Gasteiger partial charge in [-0.25, -0.2) is 33.2 Å². The molecule has 41 heavy (non-hydrogen) atoms. The number of hydrogen-bond acceptors (Lipinski definition) is 8. The number of halogens is 5. The van der Waals surface area contributed by atoms with Gasteiger partial charge < -0.3 is 20.1 Å². The summed E-state index contributed by atoms with van der Waals surface area (Å²) < 4.78 is 67.8. The zero-order chi connectivity index (χ0) is 29.7. The Morgan fingerprint density at radius 2 is 1.73 bits per heavy atom. The normalized spacial score (nSPS) is 13.4. The third-order valence-electron chi connectivity index (χ3n) is 5.76. The number of hydrogen-bond donors (Lipinski definition) is 2. The highest BCUT2D eigenvalue weighted by molar-refractivity contribution is 5.73. The van der Waals surface area contributed by atoms with E-state index in [4.69, 9.17) is 14.6 Å². The quantitative estimate of drug-likeness (QED) is 0.322. The maximum Gasteiger partial charge on any atom is 0.490 e. The first-order valence-corrected chi connectivity index (χ1v) is 12.1. The number of anilines is 3. The van der Waals surface area contributed by atoms with E-state index in [1.54, 1.807) is 38.2 Å². The Morgan fingerprint density at radius 3 is 2.34 bits per heavy atom. The summed E-state index contributed by atoms with van der Waals surface area (Å²) in [6.07, 6.45) is -3.50. The summed E-state index contributed by atoms with van der Waals surface area (Å²) >= 11 is 0. The monoisotopic (exact) mass is 577 g/mol. The smallest absolute Gasteiger partial charge is 0.475 e. The number of aliphatic carboxylic acids is 1. The van der Waals surface area contributed by atoms with Crippen molar-refractivity contribution >= 4 is 23.3 Å². The molecule has 0 saturated carbocycles. The second-order valence-corrected chi connectivity index (χ2v) is 8.78. The molecule has 2 aromatic carbocycles. The minimum absolute atomic E-state index is 0.273. The minimum Gasteiger partial charge on any atom is -0.475 e. The molecule has 2 aromatic heterocycles. The minimum atomic E-state index is -5.08. The lowest BCUT2D eigenvalue weighted by Crippen LogP contribution is -2.36. The molecule has 0 aliphatic carbocycles. The van der Waals surface area contributed by atoms with E-state index in [2.05, 4.69) is 30.3 Å². The molecule has 0 unspecified atom stereocenters. The highest BCUT2D eigenvalue weighted by atomic mass is 19.4. The molecule has 0 amide bonds. The van der Waals surface area contributed by atoms with Crippen molar-refractivity contribution in [2.75, 3.05) is 36.5 Å². The molecule has 15 heteroatoms. The van der Waals surface area contributed by atoms with Gasteiger partial charge in [0.15, 0.2) is 5.82 Å². The summed E-state index contributed by atoms with van der Waals surface area (Å²) in [6.45, 7) is 6.15. The molecular weight excluding hydrogens is 553 g/mol. The molecule has 4 aromatic rings. The maximum absolute atomic E-state index is 14.8. The zero-order valence-electron chi connectivity index (χ0n) is 21.8. The number of ether oxygens (including phenoxy) is 1. The number of benzene rings is 2. The third-order valence-corrected chi connectivity index (χ3v) is 5.76. The zero-order valence-corrected chi connectivity index (χ0v) is 21.8. The Hall–Kier alpha value is -4.66. The summed E-state index contributed by atoms with van der Waals surface area (Å²) in [5.74, 6) is -2.13. The second kappa shape index (κ2) is 12.2. The predicted octanol–water partition coefficient (Wildman–Crippen LogP) is 4.83. The molecule has 0 spiro atoms. The highest BCUT2D eigenvalue weighted by Gasteiger charge is 2.38. The Morgan fingerprint density at radius 1 is 1.02 bits per heavy atom. The molecule has 1 aliphatic heterocycles. The van der Waals surface area contributed by atoms with Crippen LogP contribution in [0.4, 0.5) is 39.3 Å². The lowest BCUT2D eigenvalue weighted by atomic mass is 10.1. The van der Waals surface area contributed by atoms with E-state index < -0.39 is 18.0 Å². The number of carboxylic acids is 1. The van der Waals surface area contributed by atoms with Gasteiger partial charge in [-0.2, -0.15) is 18.3 Å². The van der Waals surface area contributed by atoms with E-state index >= 15 is 0 Å². The Balaban J connectivity index is 0.000000493. The first-order chi connectivity index (χ1) is 19.4. The van der Waals surface area contributed by atoms with Crippen LogP contribution in [0.2, 0.25) is 0 Å². The van der Waals surface area contributed by atoms with Crippen molar-refractivity contribution in [1.82, 2.24) is 24.7 Å². The number of carbonyl (C=O) groups is 1. The molecule has 0 atom stereocenters. The van der Waals surface area contributed by atoms with Gasteiger partial charge in [0, 0.05) is 36.2 Å². The topological polar surface area (TPSA) is 118 Å². The van der Waals surface area contributed by atoms with Crippen LogP contribution < -0.4 is 10.2 Å². The van der Waals surface area contributed by atoms with Gasteiger partial charge in [0.1, 0.15) is 23.2 Å². The van der Waals surface area contributed by atoms with Gasteiger partial charge in [-0.3, -0.25) is 0 Å². The van der Waals surface area contributed by atoms with Crippen LogP contribution in [0.5, 0.6) is 0 Å². The van der Waals surface area contributed by atoms with Gasteiger partial charge in [-0.15, -0.1) is 0 Å². The van der Waals surface area contributed by atoms with Crippen molar-refractivity contribution in [1.29, 1.82) is 0 Å². The molecule has 1 fully saturated rings. The Kier molecular flexibility index (Phi) is 8.76. The lowest BCUT2D eigenvalue weighted by Gasteiger charge is -2.29. The number of alkyl halides is 3. The van der Waals surface area contributed by atoms with Crippen LogP contribution in [0.1, 0.15) is 11.6 Å². The summed E-state index contributed by atoms with van der Waals surface area (Å²) in [4.78, 5) is 23.9. The summed E-state index contributed by atoms with van der Waals surface area (Å²) in [6, 6.07) is 11.2. The van der Waals surface area contributed by atoms with E-state index in [-0.39, 0.29) is 11.8 Å². The molecular formula is C26H24F5N7O3.